The molecular formula is C27H33FN2O5. The second-order valence-electron chi connectivity index (χ2n) is 10.2. The minimum atomic E-state index is -0.529. The fraction of sp³-hybridized carbons (Fsp3) is 0.519. The maximum absolute atomic E-state index is 14.8. The first-order valence-corrected chi connectivity index (χ1v) is 12.1. The largest absolute Gasteiger partial charge is 0.496 e. The van der Waals surface area contributed by atoms with Crippen LogP contribution >= 0.6 is 0 Å². The van der Waals surface area contributed by atoms with Crippen molar-refractivity contribution >= 4 is 11.9 Å². The number of Topliss-reactive ketones (excluding diaryl/α,β-unsaturated/α-hetero) is 1. The number of nitrogens with zero attached hydrogens (tertiary/aromatic N) is 2. The number of benzene rings is 1. The SMILES string of the molecule is COc1cc(C(=O)C2CC2)cc(F)c1COc1cccc(C2CCN(C(=O)OC(C)(C)C)CC2)n1. The van der Waals surface area contributed by atoms with E-state index in [0.717, 1.165) is 31.4 Å². The van der Waals surface area contributed by atoms with E-state index in [2.05, 4.69) is 4.98 Å². The summed E-state index contributed by atoms with van der Waals surface area (Å²) in [5.41, 5.74) is 0.946. The summed E-state index contributed by atoms with van der Waals surface area (Å²) in [5, 5.41) is 0. The van der Waals surface area contributed by atoms with Gasteiger partial charge in [-0.05, 0) is 64.7 Å². The van der Waals surface area contributed by atoms with Crippen LogP contribution < -0.4 is 9.47 Å². The van der Waals surface area contributed by atoms with Gasteiger partial charge in [-0.15, -0.1) is 0 Å². The maximum Gasteiger partial charge on any atom is 0.410 e. The number of hydrogen-bond donors (Lipinski definition) is 0. The van der Waals surface area contributed by atoms with E-state index in [1.54, 1.807) is 17.0 Å². The van der Waals surface area contributed by atoms with Crippen molar-refractivity contribution in [2.24, 2.45) is 5.92 Å². The third-order valence-electron chi connectivity index (χ3n) is 6.28. The highest BCUT2D eigenvalue weighted by molar-refractivity contribution is 5.99. The molecule has 8 heteroatoms. The molecule has 0 spiro atoms. The highest BCUT2D eigenvalue weighted by Crippen LogP contribution is 2.35. The number of rotatable bonds is 7. The topological polar surface area (TPSA) is 78.0 Å². The lowest BCUT2D eigenvalue weighted by Crippen LogP contribution is -2.41. The maximum atomic E-state index is 14.8. The molecule has 1 aromatic heterocycles. The van der Waals surface area contributed by atoms with Crippen molar-refractivity contribution in [3.8, 4) is 11.6 Å². The van der Waals surface area contributed by atoms with Crippen molar-refractivity contribution in [1.29, 1.82) is 0 Å². The van der Waals surface area contributed by atoms with Gasteiger partial charge in [0.15, 0.2) is 5.78 Å². The molecule has 1 saturated heterocycles. The molecule has 1 aliphatic heterocycles. The average molecular weight is 485 g/mol. The van der Waals surface area contributed by atoms with E-state index in [-0.39, 0.29) is 35.9 Å². The molecule has 0 radical (unpaired) electrons. The Morgan fingerprint density at radius 1 is 1.11 bits per heavy atom. The van der Waals surface area contributed by atoms with E-state index < -0.39 is 11.4 Å². The number of pyridine rings is 1. The molecule has 2 heterocycles. The summed E-state index contributed by atoms with van der Waals surface area (Å²) in [6.07, 6.45) is 2.97. The lowest BCUT2D eigenvalue weighted by molar-refractivity contribution is 0.0203. The number of amides is 1. The highest BCUT2D eigenvalue weighted by atomic mass is 19.1. The monoisotopic (exact) mass is 484 g/mol. The van der Waals surface area contributed by atoms with Crippen LogP contribution in [-0.4, -0.2) is 47.6 Å². The Balaban J connectivity index is 1.38. The summed E-state index contributed by atoms with van der Waals surface area (Å²) in [6.45, 7) is 6.70. The fourth-order valence-electron chi connectivity index (χ4n) is 4.23. The van der Waals surface area contributed by atoms with E-state index in [1.807, 2.05) is 32.9 Å². The second kappa shape index (κ2) is 10.2. The average Bonchev–Trinajstić information content (AvgIpc) is 3.67. The number of likely N-dealkylation sites (tertiary alicyclic amines) is 1. The van der Waals surface area contributed by atoms with Gasteiger partial charge >= 0.3 is 6.09 Å². The van der Waals surface area contributed by atoms with Gasteiger partial charge in [-0.2, -0.15) is 0 Å². The summed E-state index contributed by atoms with van der Waals surface area (Å²) >= 11 is 0. The summed E-state index contributed by atoms with van der Waals surface area (Å²) in [5.74, 6) is 0.303. The first kappa shape index (κ1) is 24.9. The number of carbonyl (C=O) groups is 2. The van der Waals surface area contributed by atoms with Gasteiger partial charge in [-0.25, -0.2) is 14.2 Å². The standard InChI is InChI=1S/C27H33FN2O5/c1-27(2,3)35-26(32)30-12-10-17(11-13-30)22-6-5-7-24(29-22)34-16-20-21(28)14-19(15-23(20)33-4)25(31)18-8-9-18/h5-7,14-15,17-18H,8-13,16H2,1-4H3. The number of ketones is 1. The first-order chi connectivity index (χ1) is 16.6. The van der Waals surface area contributed by atoms with Crippen LogP contribution in [0.4, 0.5) is 9.18 Å². The second-order valence-corrected chi connectivity index (χ2v) is 10.2. The zero-order chi connectivity index (χ0) is 25.2. The number of ether oxygens (including phenoxy) is 3. The molecule has 7 nitrogen and oxygen atoms in total. The Hall–Kier alpha value is -3.16. The quantitative estimate of drug-likeness (QED) is 0.482. The van der Waals surface area contributed by atoms with Gasteiger partial charge in [0.1, 0.15) is 23.8 Å². The van der Waals surface area contributed by atoms with E-state index in [0.29, 0.717) is 30.3 Å². The van der Waals surface area contributed by atoms with Crippen molar-refractivity contribution in [2.75, 3.05) is 20.2 Å². The number of aromatic nitrogens is 1. The molecule has 188 valence electrons. The molecule has 0 unspecified atom stereocenters. The number of carbonyl (C=O) groups excluding carboxylic acids is 2. The molecule has 1 aliphatic carbocycles. The van der Waals surface area contributed by atoms with Crippen LogP contribution in [-0.2, 0) is 11.3 Å². The molecule has 35 heavy (non-hydrogen) atoms. The van der Waals surface area contributed by atoms with E-state index in [4.69, 9.17) is 14.2 Å². The van der Waals surface area contributed by atoms with Crippen LogP contribution in [0.25, 0.3) is 0 Å². The summed E-state index contributed by atoms with van der Waals surface area (Å²) in [4.78, 5) is 31.0. The Morgan fingerprint density at radius 2 is 1.83 bits per heavy atom. The van der Waals surface area contributed by atoms with Crippen molar-refractivity contribution in [2.45, 2.75) is 64.6 Å². The number of hydrogen-bond acceptors (Lipinski definition) is 6. The van der Waals surface area contributed by atoms with Crippen molar-refractivity contribution in [3.05, 3.63) is 53.0 Å². The Morgan fingerprint density at radius 3 is 2.46 bits per heavy atom. The summed E-state index contributed by atoms with van der Waals surface area (Å²) in [6, 6.07) is 8.40. The van der Waals surface area contributed by atoms with Crippen molar-refractivity contribution < 1.29 is 28.2 Å². The van der Waals surface area contributed by atoms with Gasteiger partial charge in [0.2, 0.25) is 5.88 Å². The van der Waals surface area contributed by atoms with Crippen LogP contribution in [0.3, 0.4) is 0 Å². The highest BCUT2D eigenvalue weighted by Gasteiger charge is 2.32. The molecular weight excluding hydrogens is 451 g/mol. The molecule has 1 aromatic carbocycles. The van der Waals surface area contributed by atoms with Crippen LogP contribution in [0.2, 0.25) is 0 Å². The normalized spacial score (nSPS) is 16.7. The van der Waals surface area contributed by atoms with Crippen LogP contribution in [0, 0.1) is 11.7 Å². The molecule has 2 fully saturated rings. The van der Waals surface area contributed by atoms with E-state index >= 15 is 0 Å². The van der Waals surface area contributed by atoms with Crippen LogP contribution in [0.15, 0.2) is 30.3 Å². The molecule has 1 amide bonds. The molecule has 0 bridgehead atoms. The minimum absolute atomic E-state index is 0.00384. The summed E-state index contributed by atoms with van der Waals surface area (Å²) < 4.78 is 31.5. The smallest absolute Gasteiger partial charge is 0.410 e. The molecule has 1 saturated carbocycles. The van der Waals surface area contributed by atoms with Gasteiger partial charge in [-0.3, -0.25) is 4.79 Å². The molecule has 0 atom stereocenters. The predicted molar refractivity (Wildman–Crippen MR) is 128 cm³/mol. The molecule has 2 aliphatic rings. The van der Waals surface area contributed by atoms with Crippen molar-refractivity contribution in [3.63, 3.8) is 0 Å². The lowest BCUT2D eigenvalue weighted by atomic mass is 9.93. The molecule has 2 aromatic rings. The van der Waals surface area contributed by atoms with E-state index in [1.165, 1.54) is 13.2 Å². The number of halogens is 1. The van der Waals surface area contributed by atoms with Gasteiger partial charge in [-0.1, -0.05) is 6.07 Å². The Bertz CT molecular complexity index is 1090. The predicted octanol–water partition coefficient (Wildman–Crippen LogP) is 5.52. The zero-order valence-electron chi connectivity index (χ0n) is 20.8. The Kier molecular flexibility index (Phi) is 7.28. The van der Waals surface area contributed by atoms with Gasteiger partial charge < -0.3 is 19.1 Å². The van der Waals surface area contributed by atoms with Crippen LogP contribution in [0.5, 0.6) is 11.6 Å². The van der Waals surface area contributed by atoms with Gasteiger partial charge in [0.25, 0.3) is 0 Å². The summed E-state index contributed by atoms with van der Waals surface area (Å²) in [7, 11) is 1.45. The third-order valence-corrected chi connectivity index (χ3v) is 6.28. The molecule has 0 N–H and O–H groups in total. The Labute approximate surface area is 205 Å². The molecule has 4 rings (SSSR count). The first-order valence-electron chi connectivity index (χ1n) is 12.1. The van der Waals surface area contributed by atoms with Gasteiger partial charge in [0, 0.05) is 42.2 Å². The van der Waals surface area contributed by atoms with E-state index in [9.17, 15) is 14.0 Å². The van der Waals surface area contributed by atoms with Gasteiger partial charge in [0.05, 0.1) is 12.7 Å². The lowest BCUT2D eigenvalue weighted by Gasteiger charge is -2.33. The third kappa shape index (κ3) is 6.29. The minimum Gasteiger partial charge on any atom is -0.496 e. The fourth-order valence-corrected chi connectivity index (χ4v) is 4.23. The van der Waals surface area contributed by atoms with Crippen molar-refractivity contribution in [1.82, 2.24) is 9.88 Å². The zero-order valence-corrected chi connectivity index (χ0v) is 20.8. The number of piperidine rings is 1. The number of methoxy groups -OCH3 is 1. The van der Waals surface area contributed by atoms with Crippen LogP contribution in [0.1, 0.15) is 74.0 Å².